The minimum absolute atomic E-state index is 0.0641. The Bertz CT molecular complexity index is 1390. The normalized spacial score (nSPS) is 17.4. The minimum Gasteiger partial charge on any atom is -0.494 e. The maximum Gasteiger partial charge on any atom is 0.252 e. The second kappa shape index (κ2) is 14.7. The number of likely N-dealkylation sites (tertiary alicyclic amines) is 2. The van der Waals surface area contributed by atoms with Crippen molar-refractivity contribution in [2.24, 2.45) is 0 Å². The van der Waals surface area contributed by atoms with Crippen LogP contribution in [-0.4, -0.2) is 88.8 Å². The van der Waals surface area contributed by atoms with Crippen LogP contribution in [0.1, 0.15) is 57.1 Å². The van der Waals surface area contributed by atoms with Gasteiger partial charge in [-0.3, -0.25) is 24.2 Å². The minimum atomic E-state index is -0.902. The van der Waals surface area contributed by atoms with Gasteiger partial charge in [0.1, 0.15) is 11.8 Å². The number of aromatic amines is 1. The number of H-pyrrole nitrogens is 1. The van der Waals surface area contributed by atoms with Crippen molar-refractivity contribution in [2.75, 3.05) is 39.3 Å². The zero-order valence-electron chi connectivity index (χ0n) is 25.5. The molecule has 43 heavy (non-hydrogen) atoms. The zero-order valence-corrected chi connectivity index (χ0v) is 25.5. The first-order chi connectivity index (χ1) is 20.9. The van der Waals surface area contributed by atoms with Crippen molar-refractivity contribution >= 4 is 28.6 Å². The molecule has 9 nitrogen and oxygen atoms in total. The summed E-state index contributed by atoms with van der Waals surface area (Å²) in [4.78, 5) is 49.7. The molecule has 3 aromatic rings. The van der Waals surface area contributed by atoms with Gasteiger partial charge in [-0.25, -0.2) is 0 Å². The molecule has 0 radical (unpaired) electrons. The van der Waals surface area contributed by atoms with Gasteiger partial charge in [0, 0.05) is 55.1 Å². The summed E-state index contributed by atoms with van der Waals surface area (Å²) in [5.41, 5.74) is 2.61. The Morgan fingerprint density at radius 1 is 0.977 bits per heavy atom. The molecule has 2 N–H and O–H groups in total. The number of imide groups is 1. The maximum atomic E-state index is 14.1. The molecule has 230 valence electrons. The van der Waals surface area contributed by atoms with Crippen molar-refractivity contribution < 1.29 is 19.1 Å². The van der Waals surface area contributed by atoms with Gasteiger partial charge >= 0.3 is 0 Å². The first-order valence-electron chi connectivity index (χ1n) is 15.8. The number of rotatable bonds is 11. The quantitative estimate of drug-likeness (QED) is 0.350. The van der Waals surface area contributed by atoms with Gasteiger partial charge in [0.2, 0.25) is 11.8 Å². The van der Waals surface area contributed by atoms with E-state index in [1.807, 2.05) is 61.7 Å². The summed E-state index contributed by atoms with van der Waals surface area (Å²) in [6.45, 7) is 8.15. The second-order valence-corrected chi connectivity index (χ2v) is 11.8. The van der Waals surface area contributed by atoms with Crippen LogP contribution in [0, 0.1) is 0 Å². The standard InChI is InChI=1S/C34H45N5O4/c1-3-43-32-14-8-5-11-26(32)23-39(25(2)40)34(42)31(21-27-22-35-30-13-7-6-12-29(27)30)36-33(41)24-37-19-15-28(16-20-37)38-17-9-4-10-18-38/h5-8,11-14,22,28,31,35H,3-4,9-10,15-21,23-24H2,1-2H3,(H,36,41). The average molecular weight is 588 g/mol. The van der Waals surface area contributed by atoms with E-state index in [9.17, 15) is 14.4 Å². The molecule has 2 saturated heterocycles. The second-order valence-electron chi connectivity index (χ2n) is 11.8. The number of hydrogen-bond donors (Lipinski definition) is 2. The Morgan fingerprint density at radius 2 is 1.70 bits per heavy atom. The van der Waals surface area contributed by atoms with Crippen LogP contribution in [0.15, 0.2) is 54.7 Å². The van der Waals surface area contributed by atoms with E-state index >= 15 is 0 Å². The van der Waals surface area contributed by atoms with Gasteiger partial charge in [-0.2, -0.15) is 0 Å². The van der Waals surface area contributed by atoms with Crippen LogP contribution in [-0.2, 0) is 27.3 Å². The summed E-state index contributed by atoms with van der Waals surface area (Å²) in [6, 6.07) is 15.0. The monoisotopic (exact) mass is 587 g/mol. The molecule has 0 saturated carbocycles. The van der Waals surface area contributed by atoms with Crippen LogP contribution in [0.4, 0.5) is 0 Å². The molecule has 2 aliphatic rings. The van der Waals surface area contributed by atoms with Gasteiger partial charge in [0.15, 0.2) is 0 Å². The fourth-order valence-corrected chi connectivity index (χ4v) is 6.52. The lowest BCUT2D eigenvalue weighted by molar-refractivity contribution is -0.147. The summed E-state index contributed by atoms with van der Waals surface area (Å²) in [7, 11) is 0. The Kier molecular flexibility index (Phi) is 10.5. The SMILES string of the molecule is CCOc1ccccc1CN(C(C)=O)C(=O)C(Cc1c[nH]c2ccccc12)NC(=O)CN1CCC(N2CCCCC2)CC1. The molecular weight excluding hydrogens is 542 g/mol. The smallest absolute Gasteiger partial charge is 0.252 e. The van der Waals surface area contributed by atoms with E-state index in [1.54, 1.807) is 0 Å². The number of amides is 3. The van der Waals surface area contributed by atoms with Crippen LogP contribution < -0.4 is 10.1 Å². The van der Waals surface area contributed by atoms with E-state index in [0.29, 0.717) is 18.4 Å². The Morgan fingerprint density at radius 3 is 2.44 bits per heavy atom. The number of carbonyl (C=O) groups excluding carboxylic acids is 3. The van der Waals surface area contributed by atoms with E-state index in [1.165, 1.54) is 44.2 Å². The lowest BCUT2D eigenvalue weighted by Crippen LogP contribution is -2.54. The lowest BCUT2D eigenvalue weighted by atomic mass is 10.00. The number of ether oxygens (including phenoxy) is 1. The fourth-order valence-electron chi connectivity index (χ4n) is 6.52. The molecule has 2 fully saturated rings. The van der Waals surface area contributed by atoms with Crippen LogP contribution in [0.5, 0.6) is 5.75 Å². The van der Waals surface area contributed by atoms with Gasteiger partial charge in [-0.05, 0) is 63.4 Å². The largest absolute Gasteiger partial charge is 0.494 e. The van der Waals surface area contributed by atoms with Crippen molar-refractivity contribution in [2.45, 2.75) is 71.0 Å². The van der Waals surface area contributed by atoms with Crippen LogP contribution in [0.2, 0.25) is 0 Å². The molecule has 9 heteroatoms. The summed E-state index contributed by atoms with van der Waals surface area (Å²) < 4.78 is 5.75. The summed E-state index contributed by atoms with van der Waals surface area (Å²) in [6.07, 6.45) is 8.15. The maximum absolute atomic E-state index is 14.1. The lowest BCUT2D eigenvalue weighted by Gasteiger charge is -2.40. The molecule has 3 heterocycles. The molecule has 0 bridgehead atoms. The zero-order chi connectivity index (χ0) is 30.2. The number of benzene rings is 2. The van der Waals surface area contributed by atoms with Crippen LogP contribution in [0.25, 0.3) is 10.9 Å². The predicted molar refractivity (Wildman–Crippen MR) is 168 cm³/mol. The molecule has 2 aromatic carbocycles. The van der Waals surface area contributed by atoms with E-state index < -0.39 is 11.9 Å². The summed E-state index contributed by atoms with van der Waals surface area (Å²) >= 11 is 0. The van der Waals surface area contributed by atoms with E-state index in [0.717, 1.165) is 48.0 Å². The molecule has 0 aliphatic carbocycles. The van der Waals surface area contributed by atoms with Gasteiger partial charge in [0.05, 0.1) is 19.7 Å². The van der Waals surface area contributed by atoms with Gasteiger partial charge in [-0.1, -0.05) is 42.8 Å². The number of para-hydroxylation sites is 2. The first-order valence-corrected chi connectivity index (χ1v) is 15.8. The van der Waals surface area contributed by atoms with Gasteiger partial charge in [-0.15, -0.1) is 0 Å². The number of fused-ring (bicyclic) bond motifs is 1. The van der Waals surface area contributed by atoms with Crippen LogP contribution in [0.3, 0.4) is 0 Å². The molecule has 1 aromatic heterocycles. The van der Waals surface area contributed by atoms with Crippen molar-refractivity contribution in [1.29, 1.82) is 0 Å². The average Bonchev–Trinajstić information content (AvgIpc) is 3.43. The molecule has 1 atom stereocenters. The van der Waals surface area contributed by atoms with E-state index in [2.05, 4.69) is 20.1 Å². The Hall–Kier alpha value is -3.69. The van der Waals surface area contributed by atoms with Crippen molar-refractivity contribution in [3.63, 3.8) is 0 Å². The predicted octanol–water partition coefficient (Wildman–Crippen LogP) is 4.12. The molecule has 0 spiro atoms. The van der Waals surface area contributed by atoms with Crippen molar-refractivity contribution in [3.05, 3.63) is 65.9 Å². The number of nitrogens with one attached hydrogen (secondary N) is 2. The molecule has 1 unspecified atom stereocenters. The molecule has 2 aliphatic heterocycles. The Labute approximate surface area is 254 Å². The summed E-state index contributed by atoms with van der Waals surface area (Å²) in [5.74, 6) is -0.377. The molecule has 5 rings (SSSR count). The van der Waals surface area contributed by atoms with E-state index in [-0.39, 0.29) is 31.3 Å². The summed E-state index contributed by atoms with van der Waals surface area (Å²) in [5, 5.41) is 4.01. The first kappa shape index (κ1) is 30.8. The van der Waals surface area contributed by atoms with Crippen molar-refractivity contribution in [3.8, 4) is 5.75 Å². The van der Waals surface area contributed by atoms with Crippen molar-refractivity contribution in [1.82, 2.24) is 25.0 Å². The molecule has 3 amide bonds. The third-order valence-corrected chi connectivity index (χ3v) is 8.81. The highest BCUT2D eigenvalue weighted by Gasteiger charge is 2.32. The number of piperidine rings is 2. The van der Waals surface area contributed by atoms with Crippen LogP contribution >= 0.6 is 0 Å². The third-order valence-electron chi connectivity index (χ3n) is 8.81. The highest BCUT2D eigenvalue weighted by Crippen LogP contribution is 2.24. The fraction of sp³-hybridized carbons (Fsp3) is 0.500. The number of carbonyl (C=O) groups is 3. The highest BCUT2D eigenvalue weighted by atomic mass is 16.5. The molecular formula is C34H45N5O4. The number of hydrogen-bond acceptors (Lipinski definition) is 6. The topological polar surface area (TPSA) is 98.0 Å². The highest BCUT2D eigenvalue weighted by molar-refractivity contribution is 5.99. The van der Waals surface area contributed by atoms with Gasteiger partial charge in [0.25, 0.3) is 5.91 Å². The van der Waals surface area contributed by atoms with E-state index in [4.69, 9.17) is 4.74 Å². The number of nitrogens with zero attached hydrogens (tertiary/aromatic N) is 3. The number of aromatic nitrogens is 1. The third kappa shape index (κ3) is 7.83. The van der Waals surface area contributed by atoms with Gasteiger partial charge < -0.3 is 19.9 Å². The Balaban J connectivity index is 1.30.